The number of halogens is 1. The molecule has 7 nitrogen and oxygen atoms in total. The Morgan fingerprint density at radius 2 is 1.94 bits per heavy atom. The lowest BCUT2D eigenvalue weighted by Gasteiger charge is -2.20. The number of anilines is 1. The lowest BCUT2D eigenvalue weighted by Crippen LogP contribution is -2.22. The molecule has 2 heterocycles. The number of nitriles is 1. The minimum absolute atomic E-state index is 0.128. The quantitative estimate of drug-likeness (QED) is 0.444. The average molecular weight is 456 g/mol. The highest BCUT2D eigenvalue weighted by Gasteiger charge is 2.19. The summed E-state index contributed by atoms with van der Waals surface area (Å²) in [5.41, 5.74) is 3.21. The van der Waals surface area contributed by atoms with E-state index in [-0.39, 0.29) is 16.7 Å². The number of aromatic carboxylic acids is 1. The molecule has 4 rings (SSSR count). The molecule has 0 aliphatic rings. The third-order valence-corrected chi connectivity index (χ3v) is 5.67. The summed E-state index contributed by atoms with van der Waals surface area (Å²) in [6.45, 7) is 5.35. The van der Waals surface area contributed by atoms with Crippen molar-refractivity contribution in [3.8, 4) is 17.3 Å². The molecule has 0 aliphatic heterocycles. The van der Waals surface area contributed by atoms with Crippen molar-refractivity contribution in [2.75, 3.05) is 5.32 Å². The van der Waals surface area contributed by atoms with E-state index < -0.39 is 17.8 Å². The Balaban J connectivity index is 1.91. The Labute approximate surface area is 194 Å². The van der Waals surface area contributed by atoms with E-state index in [2.05, 4.69) is 5.32 Å². The van der Waals surface area contributed by atoms with E-state index in [1.54, 1.807) is 31.3 Å². The Hall–Kier alpha value is -4.51. The minimum atomic E-state index is -1.05. The zero-order valence-electron chi connectivity index (χ0n) is 18.8. The molecular formula is C26H21FN4O3. The summed E-state index contributed by atoms with van der Waals surface area (Å²) in [5, 5.41) is 21.9. The SMILES string of the molecule is Cc1cc([C@H](C)Nc2ccccc2C(=O)O)c2nc(-c3ccc(F)c(C#N)c3)c(C)c(=O)n2c1. The Kier molecular flexibility index (Phi) is 5.86. The van der Waals surface area contributed by atoms with Gasteiger partial charge in [0.1, 0.15) is 17.5 Å². The highest BCUT2D eigenvalue weighted by atomic mass is 19.1. The molecule has 8 heteroatoms. The smallest absolute Gasteiger partial charge is 0.337 e. The number of aryl methyl sites for hydroxylation is 1. The molecule has 0 saturated carbocycles. The van der Waals surface area contributed by atoms with Gasteiger partial charge in [0.15, 0.2) is 0 Å². The third kappa shape index (κ3) is 3.99. The van der Waals surface area contributed by atoms with Gasteiger partial charge >= 0.3 is 5.97 Å². The number of aromatic nitrogens is 2. The maximum Gasteiger partial charge on any atom is 0.337 e. The lowest BCUT2D eigenvalue weighted by atomic mass is 10.0. The number of para-hydroxylation sites is 1. The molecule has 0 amide bonds. The molecular weight excluding hydrogens is 435 g/mol. The second-order valence-electron chi connectivity index (χ2n) is 8.08. The molecule has 0 unspecified atom stereocenters. The van der Waals surface area contributed by atoms with E-state index in [0.717, 1.165) is 5.56 Å². The zero-order valence-corrected chi connectivity index (χ0v) is 18.8. The Morgan fingerprint density at radius 1 is 1.21 bits per heavy atom. The van der Waals surface area contributed by atoms with Crippen LogP contribution in [0.4, 0.5) is 10.1 Å². The predicted octanol–water partition coefficient (Wildman–Crippen LogP) is 4.86. The molecule has 2 aromatic carbocycles. The first-order chi connectivity index (χ1) is 16.2. The average Bonchev–Trinajstić information content (AvgIpc) is 2.82. The van der Waals surface area contributed by atoms with Gasteiger partial charge in [-0.15, -0.1) is 0 Å². The number of nitrogens with one attached hydrogen (secondary N) is 1. The van der Waals surface area contributed by atoms with Crippen LogP contribution in [0.3, 0.4) is 0 Å². The predicted molar refractivity (Wildman–Crippen MR) is 126 cm³/mol. The molecule has 34 heavy (non-hydrogen) atoms. The van der Waals surface area contributed by atoms with Crippen LogP contribution in [0.5, 0.6) is 0 Å². The molecule has 2 N–H and O–H groups in total. The summed E-state index contributed by atoms with van der Waals surface area (Å²) in [6, 6.07) is 13.9. The molecule has 170 valence electrons. The van der Waals surface area contributed by atoms with E-state index in [9.17, 15) is 24.3 Å². The fraction of sp³-hybridized carbons (Fsp3) is 0.154. The molecule has 0 radical (unpaired) electrons. The second-order valence-corrected chi connectivity index (χ2v) is 8.08. The van der Waals surface area contributed by atoms with Gasteiger partial charge in [-0.25, -0.2) is 14.2 Å². The maximum absolute atomic E-state index is 13.9. The van der Waals surface area contributed by atoms with Gasteiger partial charge in [0.2, 0.25) is 0 Å². The first-order valence-corrected chi connectivity index (χ1v) is 10.5. The summed E-state index contributed by atoms with van der Waals surface area (Å²) >= 11 is 0. The Bertz CT molecular complexity index is 1550. The molecule has 0 bridgehead atoms. The van der Waals surface area contributed by atoms with Gasteiger partial charge in [-0.3, -0.25) is 9.20 Å². The first kappa shape index (κ1) is 22.7. The molecule has 0 spiro atoms. The molecule has 0 aliphatic carbocycles. The number of hydrogen-bond donors (Lipinski definition) is 2. The monoisotopic (exact) mass is 456 g/mol. The number of carboxylic acids is 1. The number of carboxylic acid groups (broad SMARTS) is 1. The summed E-state index contributed by atoms with van der Waals surface area (Å²) in [5.74, 6) is -1.70. The van der Waals surface area contributed by atoms with Gasteiger partial charge in [0.05, 0.1) is 22.9 Å². The number of fused-ring (bicyclic) bond motifs is 1. The van der Waals surface area contributed by atoms with Crippen LogP contribution in [-0.2, 0) is 0 Å². The fourth-order valence-corrected chi connectivity index (χ4v) is 3.96. The van der Waals surface area contributed by atoms with Crippen LogP contribution in [0, 0.1) is 31.0 Å². The number of pyridine rings is 1. The van der Waals surface area contributed by atoms with Crippen molar-refractivity contribution in [3.63, 3.8) is 0 Å². The number of nitrogens with zero attached hydrogens (tertiary/aromatic N) is 3. The lowest BCUT2D eigenvalue weighted by molar-refractivity contribution is 0.0698. The molecule has 0 fully saturated rings. The maximum atomic E-state index is 13.9. The van der Waals surface area contributed by atoms with Crippen LogP contribution in [0.25, 0.3) is 16.9 Å². The molecule has 2 aromatic heterocycles. The van der Waals surface area contributed by atoms with Crippen LogP contribution in [0.2, 0.25) is 0 Å². The van der Waals surface area contributed by atoms with Crippen molar-refractivity contribution in [1.82, 2.24) is 9.38 Å². The summed E-state index contributed by atoms with van der Waals surface area (Å²) in [4.78, 5) is 29.6. The van der Waals surface area contributed by atoms with Crippen LogP contribution in [-0.4, -0.2) is 20.5 Å². The van der Waals surface area contributed by atoms with Crippen LogP contribution in [0.15, 0.2) is 59.5 Å². The highest BCUT2D eigenvalue weighted by molar-refractivity contribution is 5.94. The second kappa shape index (κ2) is 8.79. The molecule has 4 aromatic rings. The highest BCUT2D eigenvalue weighted by Crippen LogP contribution is 2.28. The van der Waals surface area contributed by atoms with Gasteiger partial charge in [-0.05, 0) is 62.7 Å². The van der Waals surface area contributed by atoms with Crippen molar-refractivity contribution < 1.29 is 14.3 Å². The van der Waals surface area contributed by atoms with Crippen LogP contribution < -0.4 is 10.9 Å². The van der Waals surface area contributed by atoms with Gasteiger partial charge < -0.3 is 10.4 Å². The summed E-state index contributed by atoms with van der Waals surface area (Å²) in [7, 11) is 0. The standard InChI is InChI=1S/C26H21FN4O3/c1-14-10-20(16(3)29-22-7-5-4-6-19(22)26(33)34)24-30-23(15(2)25(32)31(24)13-14)17-8-9-21(27)18(11-17)12-28/h4-11,13,16,29H,1-3H3,(H,33,34)/t16-/m0/s1. The number of benzene rings is 2. The normalized spacial score (nSPS) is 11.7. The van der Waals surface area contributed by atoms with E-state index >= 15 is 0 Å². The number of carbonyl (C=O) groups is 1. The Morgan fingerprint density at radius 3 is 2.65 bits per heavy atom. The van der Waals surface area contributed by atoms with E-state index in [4.69, 9.17) is 4.98 Å². The van der Waals surface area contributed by atoms with Crippen molar-refractivity contribution in [1.29, 1.82) is 5.26 Å². The van der Waals surface area contributed by atoms with E-state index in [1.807, 2.05) is 26.0 Å². The van der Waals surface area contributed by atoms with Gasteiger partial charge in [-0.2, -0.15) is 5.26 Å². The zero-order chi connectivity index (χ0) is 24.6. The summed E-state index contributed by atoms with van der Waals surface area (Å²) in [6.07, 6.45) is 1.69. The topological polar surface area (TPSA) is 107 Å². The summed E-state index contributed by atoms with van der Waals surface area (Å²) < 4.78 is 15.3. The minimum Gasteiger partial charge on any atom is -0.478 e. The van der Waals surface area contributed by atoms with E-state index in [0.29, 0.717) is 33.7 Å². The molecule has 1 atom stereocenters. The van der Waals surface area contributed by atoms with Crippen molar-refractivity contribution in [3.05, 3.63) is 98.7 Å². The van der Waals surface area contributed by atoms with Gasteiger partial charge in [0, 0.05) is 28.6 Å². The van der Waals surface area contributed by atoms with Gasteiger partial charge in [-0.1, -0.05) is 12.1 Å². The van der Waals surface area contributed by atoms with Crippen LogP contribution >= 0.6 is 0 Å². The van der Waals surface area contributed by atoms with E-state index in [1.165, 1.54) is 28.7 Å². The third-order valence-electron chi connectivity index (χ3n) is 5.67. The van der Waals surface area contributed by atoms with Crippen molar-refractivity contribution in [2.24, 2.45) is 0 Å². The fourth-order valence-electron chi connectivity index (χ4n) is 3.96. The van der Waals surface area contributed by atoms with Crippen molar-refractivity contribution in [2.45, 2.75) is 26.8 Å². The first-order valence-electron chi connectivity index (χ1n) is 10.5. The largest absolute Gasteiger partial charge is 0.478 e. The van der Waals surface area contributed by atoms with Crippen molar-refractivity contribution >= 4 is 17.3 Å². The van der Waals surface area contributed by atoms with Gasteiger partial charge in [0.25, 0.3) is 5.56 Å². The molecule has 0 saturated heterocycles. The van der Waals surface area contributed by atoms with Crippen LogP contribution in [0.1, 0.15) is 45.6 Å². The number of hydrogen-bond acceptors (Lipinski definition) is 5. The number of rotatable bonds is 5.